The van der Waals surface area contributed by atoms with Gasteiger partial charge in [0, 0.05) is 6.42 Å². The number of nitrogens with two attached hydrogens (primary N) is 1. The number of nitrogens with zero attached hydrogens (tertiary/aromatic N) is 2. The molecule has 2 N–H and O–H groups in total. The lowest BCUT2D eigenvalue weighted by atomic mass is 10.1. The second-order valence-corrected chi connectivity index (χ2v) is 5.10. The Balaban J connectivity index is 1.75. The minimum absolute atomic E-state index is 0.384. The van der Waals surface area contributed by atoms with Gasteiger partial charge in [0.05, 0.1) is 0 Å². The Morgan fingerprint density at radius 1 is 1.05 bits per heavy atom. The molecule has 0 saturated heterocycles. The van der Waals surface area contributed by atoms with E-state index in [1.807, 2.05) is 30.3 Å². The third-order valence-corrected chi connectivity index (χ3v) is 3.39. The second-order valence-electron chi connectivity index (χ2n) is 5.10. The lowest BCUT2D eigenvalue weighted by Crippen LogP contribution is -2.12. The van der Waals surface area contributed by atoms with Gasteiger partial charge in [-0.25, -0.2) is 0 Å². The molecule has 4 heteroatoms. The molecule has 0 fully saturated rings. The van der Waals surface area contributed by atoms with E-state index in [-0.39, 0.29) is 6.04 Å². The largest absolute Gasteiger partial charge is 0.337 e. The van der Waals surface area contributed by atoms with Crippen LogP contribution in [0.5, 0.6) is 0 Å². The monoisotopic (exact) mass is 279 g/mol. The molecule has 0 saturated carbocycles. The smallest absolute Gasteiger partial charge is 0.248 e. The maximum atomic E-state index is 6.15. The SMILES string of the molecule is Cc1ccc(Cc2noc([C@@H](N)c3ccccc3)n2)cc1. The fourth-order valence-corrected chi connectivity index (χ4v) is 2.16. The Labute approximate surface area is 123 Å². The topological polar surface area (TPSA) is 64.9 Å². The first-order valence-corrected chi connectivity index (χ1v) is 6.91. The molecule has 4 nitrogen and oxygen atoms in total. The predicted octanol–water partition coefficient (Wildman–Crippen LogP) is 3.02. The Hall–Kier alpha value is -2.46. The summed E-state index contributed by atoms with van der Waals surface area (Å²) >= 11 is 0. The van der Waals surface area contributed by atoms with Crippen LogP contribution < -0.4 is 5.73 Å². The molecule has 0 aliphatic rings. The van der Waals surface area contributed by atoms with E-state index in [9.17, 15) is 0 Å². The highest BCUT2D eigenvalue weighted by atomic mass is 16.5. The lowest BCUT2D eigenvalue weighted by Gasteiger charge is -2.05. The van der Waals surface area contributed by atoms with Crippen LogP contribution in [0.4, 0.5) is 0 Å². The lowest BCUT2D eigenvalue weighted by molar-refractivity contribution is 0.363. The van der Waals surface area contributed by atoms with Gasteiger partial charge in [0.2, 0.25) is 5.89 Å². The molecule has 0 radical (unpaired) electrons. The highest BCUT2D eigenvalue weighted by molar-refractivity contribution is 5.25. The number of aryl methyl sites for hydroxylation is 1. The molecule has 0 bridgehead atoms. The molecule has 0 amide bonds. The quantitative estimate of drug-likeness (QED) is 0.797. The molecule has 0 unspecified atom stereocenters. The Bertz CT molecular complexity index is 704. The van der Waals surface area contributed by atoms with Crippen molar-refractivity contribution in [2.45, 2.75) is 19.4 Å². The van der Waals surface area contributed by atoms with Gasteiger partial charge in [0.1, 0.15) is 6.04 Å². The fraction of sp³-hybridized carbons (Fsp3) is 0.176. The molecule has 1 heterocycles. The van der Waals surface area contributed by atoms with Gasteiger partial charge < -0.3 is 10.3 Å². The van der Waals surface area contributed by atoms with E-state index < -0.39 is 0 Å². The minimum Gasteiger partial charge on any atom is -0.337 e. The second kappa shape index (κ2) is 5.89. The van der Waals surface area contributed by atoms with Crippen molar-refractivity contribution in [2.75, 3.05) is 0 Å². The summed E-state index contributed by atoms with van der Waals surface area (Å²) in [5.74, 6) is 1.10. The van der Waals surface area contributed by atoms with E-state index in [0.29, 0.717) is 18.1 Å². The maximum Gasteiger partial charge on any atom is 0.248 e. The van der Waals surface area contributed by atoms with Gasteiger partial charge in [-0.15, -0.1) is 0 Å². The van der Waals surface area contributed by atoms with Gasteiger partial charge >= 0.3 is 0 Å². The number of rotatable bonds is 4. The average molecular weight is 279 g/mol. The summed E-state index contributed by atoms with van der Waals surface area (Å²) in [5, 5.41) is 4.01. The summed E-state index contributed by atoms with van der Waals surface area (Å²) in [6.45, 7) is 2.06. The standard InChI is InChI=1S/C17H17N3O/c1-12-7-9-13(10-8-12)11-15-19-17(21-20-15)16(18)14-5-3-2-4-6-14/h2-10,16H,11,18H2,1H3/t16-/m0/s1. The molecule has 0 spiro atoms. The molecule has 106 valence electrons. The van der Waals surface area contributed by atoms with Gasteiger partial charge in [-0.2, -0.15) is 4.98 Å². The van der Waals surface area contributed by atoms with Gasteiger partial charge in [-0.1, -0.05) is 65.3 Å². The van der Waals surface area contributed by atoms with Crippen LogP contribution in [0.3, 0.4) is 0 Å². The molecule has 3 rings (SSSR count). The Kier molecular flexibility index (Phi) is 3.79. The maximum absolute atomic E-state index is 6.15. The van der Waals surface area contributed by atoms with Gasteiger partial charge in [0.15, 0.2) is 5.82 Å². The summed E-state index contributed by atoms with van der Waals surface area (Å²) in [5.41, 5.74) is 9.50. The van der Waals surface area contributed by atoms with E-state index in [2.05, 4.69) is 41.3 Å². The van der Waals surface area contributed by atoms with Crippen molar-refractivity contribution in [3.8, 4) is 0 Å². The number of benzene rings is 2. The first kappa shape index (κ1) is 13.5. The van der Waals surface area contributed by atoms with Crippen LogP contribution in [0.15, 0.2) is 59.1 Å². The minimum atomic E-state index is -0.384. The number of aromatic nitrogens is 2. The summed E-state index contributed by atoms with van der Waals surface area (Å²) in [4.78, 5) is 4.40. The zero-order valence-corrected chi connectivity index (χ0v) is 11.9. The molecule has 0 aliphatic heterocycles. The fourth-order valence-electron chi connectivity index (χ4n) is 2.16. The molecular weight excluding hydrogens is 262 g/mol. The molecule has 1 aromatic heterocycles. The van der Waals surface area contributed by atoms with Crippen molar-refractivity contribution in [2.24, 2.45) is 5.73 Å². The van der Waals surface area contributed by atoms with Crippen LogP contribution in [0.1, 0.15) is 34.4 Å². The van der Waals surface area contributed by atoms with Crippen molar-refractivity contribution in [3.05, 3.63) is 83.0 Å². The Morgan fingerprint density at radius 2 is 1.76 bits per heavy atom. The van der Waals surface area contributed by atoms with Crippen molar-refractivity contribution in [3.63, 3.8) is 0 Å². The highest BCUT2D eigenvalue weighted by Gasteiger charge is 2.16. The molecule has 0 aliphatic carbocycles. The summed E-state index contributed by atoms with van der Waals surface area (Å²) < 4.78 is 5.29. The normalized spacial score (nSPS) is 12.3. The van der Waals surface area contributed by atoms with Crippen LogP contribution >= 0.6 is 0 Å². The average Bonchev–Trinajstić information content (AvgIpc) is 2.98. The molecule has 3 aromatic rings. The van der Waals surface area contributed by atoms with E-state index in [4.69, 9.17) is 10.3 Å². The van der Waals surface area contributed by atoms with Crippen molar-refractivity contribution < 1.29 is 4.52 Å². The van der Waals surface area contributed by atoms with Crippen LogP contribution in [-0.4, -0.2) is 10.1 Å². The summed E-state index contributed by atoms with van der Waals surface area (Å²) in [6, 6.07) is 17.7. The van der Waals surface area contributed by atoms with Crippen LogP contribution in [-0.2, 0) is 6.42 Å². The van der Waals surface area contributed by atoms with Crippen molar-refractivity contribution >= 4 is 0 Å². The van der Waals surface area contributed by atoms with Gasteiger partial charge in [0.25, 0.3) is 0 Å². The van der Waals surface area contributed by atoms with E-state index in [0.717, 1.165) is 11.1 Å². The van der Waals surface area contributed by atoms with E-state index in [1.54, 1.807) is 0 Å². The van der Waals surface area contributed by atoms with Crippen LogP contribution in [0, 0.1) is 6.92 Å². The third kappa shape index (κ3) is 3.17. The zero-order valence-electron chi connectivity index (χ0n) is 11.9. The first-order chi connectivity index (χ1) is 10.2. The first-order valence-electron chi connectivity index (χ1n) is 6.91. The predicted molar refractivity (Wildman–Crippen MR) is 80.8 cm³/mol. The Morgan fingerprint density at radius 3 is 2.48 bits per heavy atom. The van der Waals surface area contributed by atoms with E-state index >= 15 is 0 Å². The molecule has 2 aromatic carbocycles. The van der Waals surface area contributed by atoms with Crippen molar-refractivity contribution in [1.29, 1.82) is 0 Å². The summed E-state index contributed by atoms with van der Waals surface area (Å²) in [6.07, 6.45) is 0.644. The van der Waals surface area contributed by atoms with E-state index in [1.165, 1.54) is 5.56 Å². The summed E-state index contributed by atoms with van der Waals surface area (Å²) in [7, 11) is 0. The van der Waals surface area contributed by atoms with Crippen LogP contribution in [0.25, 0.3) is 0 Å². The molecule has 21 heavy (non-hydrogen) atoms. The van der Waals surface area contributed by atoms with Gasteiger partial charge in [-0.3, -0.25) is 0 Å². The van der Waals surface area contributed by atoms with Gasteiger partial charge in [-0.05, 0) is 18.1 Å². The molecular formula is C17H17N3O. The van der Waals surface area contributed by atoms with Crippen molar-refractivity contribution in [1.82, 2.24) is 10.1 Å². The third-order valence-electron chi connectivity index (χ3n) is 3.39. The number of hydrogen-bond acceptors (Lipinski definition) is 4. The number of hydrogen-bond donors (Lipinski definition) is 1. The highest BCUT2D eigenvalue weighted by Crippen LogP contribution is 2.18. The zero-order chi connectivity index (χ0) is 14.7. The van der Waals surface area contributed by atoms with Crippen LogP contribution in [0.2, 0.25) is 0 Å². The molecule has 1 atom stereocenters.